The third-order valence-electron chi connectivity index (χ3n) is 7.09. The molecule has 0 amide bonds. The van der Waals surface area contributed by atoms with Crippen LogP contribution in [-0.2, 0) is 16.5 Å². The van der Waals surface area contributed by atoms with Gasteiger partial charge in [-0.1, -0.05) is 78.9 Å². The molecule has 0 atom stereocenters. The maximum Gasteiger partial charge on any atom is 0.339 e. The van der Waals surface area contributed by atoms with E-state index in [1.165, 1.54) is 24.3 Å². The summed E-state index contributed by atoms with van der Waals surface area (Å²) in [6, 6.07) is 28.6. The molecule has 6 aromatic carbocycles. The first-order valence-corrected chi connectivity index (χ1v) is 14.3. The van der Waals surface area contributed by atoms with Crippen LogP contribution in [0, 0.1) is 0 Å². The van der Waals surface area contributed by atoms with Crippen molar-refractivity contribution in [1.29, 1.82) is 0 Å². The van der Waals surface area contributed by atoms with Crippen molar-refractivity contribution in [3.63, 3.8) is 0 Å². The van der Waals surface area contributed by atoms with Crippen LogP contribution in [0.2, 0.25) is 0 Å². The Bertz CT molecular complexity index is 2070. The number of carboxylic acid groups (broad SMARTS) is 2. The van der Waals surface area contributed by atoms with Gasteiger partial charge in [-0.2, -0.15) is 8.42 Å². The van der Waals surface area contributed by atoms with E-state index in [9.17, 15) is 38.4 Å². The molecule has 0 heterocycles. The molecule has 0 unspecified atom stereocenters. The molecule has 0 aliphatic carbocycles. The fourth-order valence-electron chi connectivity index (χ4n) is 5.01. The first-order valence-electron chi connectivity index (χ1n) is 12.9. The number of rotatable bonds is 5. The van der Waals surface area contributed by atoms with E-state index >= 15 is 0 Å². The summed E-state index contributed by atoms with van der Waals surface area (Å²) in [5.74, 6) is -3.36. The molecule has 0 aromatic heterocycles. The molecule has 0 aliphatic rings. The standard InChI is InChI=1S/C23H16O6.C10H8O3S/c24-20-16(14-7-3-1-5-12(14)9-18(20)22(26)27)11-17-15-8-4-2-6-13(15)10-19(21(17)25)23(28)29;11-14(12,13)10-6-5-8-3-1-2-4-9(8)7-10/h1-10,24-25H,11H2,(H,26,27)(H,28,29);1-7H,(H,11,12,13). The second kappa shape index (κ2) is 11.4. The van der Waals surface area contributed by atoms with Gasteiger partial charge < -0.3 is 20.4 Å². The van der Waals surface area contributed by atoms with Crippen LogP contribution in [0.4, 0.5) is 0 Å². The van der Waals surface area contributed by atoms with Crippen LogP contribution in [-0.4, -0.2) is 45.3 Å². The van der Waals surface area contributed by atoms with Gasteiger partial charge in [-0.3, -0.25) is 4.55 Å². The average Bonchev–Trinajstić information content (AvgIpc) is 2.98. The predicted octanol–water partition coefficient (Wildman–Crippen LogP) is 6.48. The molecular formula is C33H24O9S. The van der Waals surface area contributed by atoms with Gasteiger partial charge in [0.2, 0.25) is 0 Å². The maximum absolute atomic E-state index is 11.6. The van der Waals surface area contributed by atoms with Gasteiger partial charge in [0.15, 0.2) is 0 Å². The van der Waals surface area contributed by atoms with Crippen LogP contribution in [0.5, 0.6) is 11.5 Å². The van der Waals surface area contributed by atoms with Crippen molar-refractivity contribution < 1.29 is 43.0 Å². The van der Waals surface area contributed by atoms with Crippen molar-refractivity contribution in [2.45, 2.75) is 11.3 Å². The lowest BCUT2D eigenvalue weighted by Crippen LogP contribution is -2.04. The van der Waals surface area contributed by atoms with Gasteiger partial charge >= 0.3 is 11.9 Å². The second-order valence-electron chi connectivity index (χ2n) is 9.72. The maximum atomic E-state index is 11.6. The van der Waals surface area contributed by atoms with Gasteiger partial charge in [0.1, 0.15) is 22.6 Å². The summed E-state index contributed by atoms with van der Waals surface area (Å²) in [7, 11) is -4.09. The topological polar surface area (TPSA) is 169 Å². The molecule has 0 bridgehead atoms. The van der Waals surface area contributed by atoms with Crippen molar-refractivity contribution >= 4 is 54.4 Å². The van der Waals surface area contributed by atoms with Crippen molar-refractivity contribution in [1.82, 2.24) is 0 Å². The van der Waals surface area contributed by atoms with Crippen LogP contribution in [0.15, 0.2) is 108 Å². The molecule has 10 heteroatoms. The first-order chi connectivity index (χ1) is 20.5. The predicted molar refractivity (Wildman–Crippen MR) is 162 cm³/mol. The average molecular weight is 597 g/mol. The number of benzene rings is 6. The number of phenols is 2. The summed E-state index contributed by atoms with van der Waals surface area (Å²) in [5, 5.41) is 44.5. The van der Waals surface area contributed by atoms with Crippen molar-refractivity contribution in [3.8, 4) is 11.5 Å². The van der Waals surface area contributed by atoms with E-state index in [-0.39, 0.29) is 22.4 Å². The van der Waals surface area contributed by atoms with Crippen LogP contribution >= 0.6 is 0 Å². The molecule has 43 heavy (non-hydrogen) atoms. The molecule has 0 fully saturated rings. The van der Waals surface area contributed by atoms with Gasteiger partial charge in [-0.05, 0) is 56.6 Å². The summed E-state index contributed by atoms with van der Waals surface area (Å²) >= 11 is 0. The third kappa shape index (κ3) is 5.82. The van der Waals surface area contributed by atoms with E-state index in [1.54, 1.807) is 60.7 Å². The largest absolute Gasteiger partial charge is 0.507 e. The number of aromatic carboxylic acids is 2. The fraction of sp³-hybridized carbons (Fsp3) is 0.0303. The van der Waals surface area contributed by atoms with E-state index in [1.807, 2.05) is 18.2 Å². The van der Waals surface area contributed by atoms with Crippen LogP contribution in [0.3, 0.4) is 0 Å². The molecule has 6 aromatic rings. The number of carbonyl (C=O) groups is 2. The van der Waals surface area contributed by atoms with Crippen LogP contribution in [0.1, 0.15) is 31.8 Å². The number of aromatic hydroxyl groups is 2. The summed E-state index contributed by atoms with van der Waals surface area (Å²) in [6.45, 7) is 0. The van der Waals surface area contributed by atoms with E-state index in [0.29, 0.717) is 32.7 Å². The van der Waals surface area contributed by atoms with E-state index in [2.05, 4.69) is 0 Å². The zero-order chi connectivity index (χ0) is 30.9. The van der Waals surface area contributed by atoms with E-state index < -0.39 is 33.6 Å². The molecule has 0 saturated heterocycles. The fourth-order valence-corrected chi connectivity index (χ4v) is 5.53. The van der Waals surface area contributed by atoms with Gasteiger partial charge in [0.25, 0.3) is 10.1 Å². The highest BCUT2D eigenvalue weighted by atomic mass is 32.2. The summed E-state index contributed by atoms with van der Waals surface area (Å²) < 4.78 is 30.5. The molecule has 5 N–H and O–H groups in total. The quantitative estimate of drug-likeness (QED) is 0.140. The monoisotopic (exact) mass is 596 g/mol. The molecule has 0 aliphatic heterocycles. The highest BCUT2D eigenvalue weighted by Crippen LogP contribution is 2.38. The Morgan fingerprint density at radius 2 is 0.977 bits per heavy atom. The van der Waals surface area contributed by atoms with Crippen molar-refractivity contribution in [3.05, 3.63) is 125 Å². The minimum absolute atomic E-state index is 0.0407. The van der Waals surface area contributed by atoms with Crippen molar-refractivity contribution in [2.75, 3.05) is 0 Å². The Morgan fingerprint density at radius 3 is 1.42 bits per heavy atom. The van der Waals surface area contributed by atoms with E-state index in [0.717, 1.165) is 10.8 Å². The molecule has 0 radical (unpaired) electrons. The Balaban J connectivity index is 0.000000220. The Kier molecular flexibility index (Phi) is 7.73. The molecule has 6 rings (SSSR count). The molecule has 0 spiro atoms. The van der Waals surface area contributed by atoms with Gasteiger partial charge in [-0.25, -0.2) is 9.59 Å². The molecule has 9 nitrogen and oxygen atoms in total. The van der Waals surface area contributed by atoms with Gasteiger partial charge in [0.05, 0.1) is 4.90 Å². The summed E-state index contributed by atoms with van der Waals surface area (Å²) in [6.07, 6.45) is -0.0407. The third-order valence-corrected chi connectivity index (χ3v) is 7.94. The number of carboxylic acids is 2. The van der Waals surface area contributed by atoms with Crippen LogP contribution in [0.25, 0.3) is 32.3 Å². The smallest absolute Gasteiger partial charge is 0.339 e. The highest BCUT2D eigenvalue weighted by molar-refractivity contribution is 7.85. The number of hydrogen-bond acceptors (Lipinski definition) is 6. The van der Waals surface area contributed by atoms with Crippen LogP contribution < -0.4 is 0 Å². The number of hydrogen-bond donors (Lipinski definition) is 5. The lowest BCUT2D eigenvalue weighted by molar-refractivity contribution is 0.0682. The zero-order valence-corrected chi connectivity index (χ0v) is 23.1. The Hall–Kier alpha value is -5.45. The lowest BCUT2D eigenvalue weighted by Gasteiger charge is -2.16. The molecule has 0 saturated carbocycles. The van der Waals surface area contributed by atoms with E-state index in [4.69, 9.17) is 4.55 Å². The molecular weight excluding hydrogens is 572 g/mol. The minimum Gasteiger partial charge on any atom is -0.507 e. The molecule has 216 valence electrons. The summed E-state index contributed by atoms with van der Waals surface area (Å²) in [5.41, 5.74) is 0.112. The lowest BCUT2D eigenvalue weighted by atomic mass is 9.90. The minimum atomic E-state index is -4.09. The van der Waals surface area contributed by atoms with Crippen molar-refractivity contribution in [2.24, 2.45) is 0 Å². The highest BCUT2D eigenvalue weighted by Gasteiger charge is 2.22. The number of fused-ring (bicyclic) bond motifs is 3. The normalized spacial score (nSPS) is 11.3. The summed E-state index contributed by atoms with van der Waals surface area (Å²) in [4.78, 5) is 23.1. The van der Waals surface area contributed by atoms with Gasteiger partial charge in [-0.15, -0.1) is 0 Å². The first kappa shape index (κ1) is 29.1. The zero-order valence-electron chi connectivity index (χ0n) is 22.3. The SMILES string of the molecule is O=C(O)c1cc2ccccc2c(Cc2c(O)c(C(=O)O)cc3ccccc23)c1O.O=S(=O)(O)c1ccc2ccccc2c1. The second-order valence-corrected chi connectivity index (χ2v) is 11.1. The Labute approximate surface area is 245 Å². The van der Waals surface area contributed by atoms with Gasteiger partial charge in [0, 0.05) is 17.5 Å². The Morgan fingerprint density at radius 1 is 0.558 bits per heavy atom.